The van der Waals surface area contributed by atoms with E-state index in [1.165, 1.54) is 11.7 Å². The van der Waals surface area contributed by atoms with Gasteiger partial charge in [-0.25, -0.2) is 4.79 Å². The third-order valence-corrected chi connectivity index (χ3v) is 5.88. The molecule has 8 nitrogen and oxygen atoms in total. The molecule has 1 amide bonds. The van der Waals surface area contributed by atoms with Gasteiger partial charge in [0.15, 0.2) is 11.5 Å². The number of fused-ring (bicyclic) bond motifs is 1. The molecule has 0 bridgehead atoms. The second-order valence-corrected chi connectivity index (χ2v) is 8.31. The van der Waals surface area contributed by atoms with Crippen LogP contribution in [-0.2, 0) is 24.4 Å². The van der Waals surface area contributed by atoms with Gasteiger partial charge in [0.2, 0.25) is 5.91 Å². The number of hydrogen-bond donors (Lipinski definition) is 1. The molecule has 3 aromatic carbocycles. The zero-order valence-corrected chi connectivity index (χ0v) is 20.0. The second kappa shape index (κ2) is 10.5. The number of amides is 1. The molecule has 0 radical (unpaired) electrons. The number of halogens is 1. The SMILES string of the molecule is COc1ccc(CNC(=O)Cn2c(=O)n(Cc3ccc(Cl)cc3)c(=O)c3ccccc32)cc1OC. The number of hydrogen-bond acceptors (Lipinski definition) is 5. The lowest BCUT2D eigenvalue weighted by Gasteiger charge is -2.15. The highest BCUT2D eigenvalue weighted by atomic mass is 35.5. The summed E-state index contributed by atoms with van der Waals surface area (Å²) < 4.78 is 13.0. The highest BCUT2D eigenvalue weighted by Gasteiger charge is 2.16. The summed E-state index contributed by atoms with van der Waals surface area (Å²) in [4.78, 5) is 39.2. The smallest absolute Gasteiger partial charge is 0.332 e. The van der Waals surface area contributed by atoms with Gasteiger partial charge in [0.05, 0.1) is 31.7 Å². The first-order chi connectivity index (χ1) is 16.9. The Kier molecular flexibility index (Phi) is 7.22. The number of para-hydroxylation sites is 1. The van der Waals surface area contributed by atoms with E-state index in [9.17, 15) is 14.4 Å². The zero-order valence-electron chi connectivity index (χ0n) is 19.3. The molecule has 4 aromatic rings. The summed E-state index contributed by atoms with van der Waals surface area (Å²) in [5.74, 6) is 0.767. The summed E-state index contributed by atoms with van der Waals surface area (Å²) in [5.41, 5.74) is 0.970. The van der Waals surface area contributed by atoms with Crippen LogP contribution in [0.3, 0.4) is 0 Å². The molecule has 1 N–H and O–H groups in total. The minimum atomic E-state index is -0.565. The molecule has 180 valence electrons. The number of nitrogens with zero attached hydrogens (tertiary/aromatic N) is 2. The molecule has 4 rings (SSSR count). The number of carbonyl (C=O) groups is 1. The van der Waals surface area contributed by atoms with Gasteiger partial charge in [-0.1, -0.05) is 41.9 Å². The summed E-state index contributed by atoms with van der Waals surface area (Å²) in [6, 6.07) is 19.0. The normalized spacial score (nSPS) is 10.8. The van der Waals surface area contributed by atoms with Gasteiger partial charge in [0.1, 0.15) is 6.54 Å². The molecule has 0 saturated carbocycles. The van der Waals surface area contributed by atoms with E-state index in [0.717, 1.165) is 15.7 Å². The quantitative estimate of drug-likeness (QED) is 0.407. The van der Waals surface area contributed by atoms with Gasteiger partial charge < -0.3 is 14.8 Å². The lowest BCUT2D eigenvalue weighted by molar-refractivity contribution is -0.121. The van der Waals surface area contributed by atoms with E-state index >= 15 is 0 Å². The van der Waals surface area contributed by atoms with Gasteiger partial charge in [0, 0.05) is 11.6 Å². The van der Waals surface area contributed by atoms with Crippen molar-refractivity contribution in [2.45, 2.75) is 19.6 Å². The largest absolute Gasteiger partial charge is 0.493 e. The molecular weight excluding hydrogens is 470 g/mol. The lowest BCUT2D eigenvalue weighted by Crippen LogP contribution is -2.42. The van der Waals surface area contributed by atoms with Crippen LogP contribution in [-0.4, -0.2) is 29.3 Å². The van der Waals surface area contributed by atoms with Crippen LogP contribution in [0.25, 0.3) is 10.9 Å². The average molecular weight is 494 g/mol. The molecule has 0 fully saturated rings. The fourth-order valence-electron chi connectivity index (χ4n) is 3.83. The lowest BCUT2D eigenvalue weighted by atomic mass is 10.2. The average Bonchev–Trinajstić information content (AvgIpc) is 2.88. The van der Waals surface area contributed by atoms with E-state index in [4.69, 9.17) is 21.1 Å². The standard InChI is InChI=1S/C26H24ClN3O5/c1-34-22-12-9-18(13-23(22)35-2)14-28-24(31)16-29-21-6-4-3-5-20(21)25(32)30(26(29)33)15-17-7-10-19(27)11-8-17/h3-13H,14-16H2,1-2H3,(H,28,31). The van der Waals surface area contributed by atoms with Crippen molar-refractivity contribution >= 4 is 28.4 Å². The van der Waals surface area contributed by atoms with Crippen LogP contribution < -0.4 is 26.0 Å². The number of aromatic nitrogens is 2. The highest BCUT2D eigenvalue weighted by molar-refractivity contribution is 6.30. The predicted molar refractivity (Wildman–Crippen MR) is 134 cm³/mol. The van der Waals surface area contributed by atoms with E-state index in [1.807, 2.05) is 6.07 Å². The van der Waals surface area contributed by atoms with Crippen molar-refractivity contribution in [1.82, 2.24) is 14.5 Å². The minimum Gasteiger partial charge on any atom is -0.493 e. The third kappa shape index (κ3) is 5.22. The maximum atomic E-state index is 13.3. The van der Waals surface area contributed by atoms with Crippen molar-refractivity contribution in [3.05, 3.63) is 104 Å². The Labute approximate surface area is 206 Å². The first-order valence-electron chi connectivity index (χ1n) is 10.9. The number of ether oxygens (including phenoxy) is 2. The molecule has 0 aliphatic rings. The summed E-state index contributed by atoms with van der Waals surface area (Å²) in [6.45, 7) is 0.0523. The number of carbonyl (C=O) groups excluding carboxylic acids is 1. The Morgan fingerprint density at radius 3 is 2.29 bits per heavy atom. The number of methoxy groups -OCH3 is 2. The van der Waals surface area contributed by atoms with E-state index in [-0.39, 0.29) is 25.5 Å². The zero-order chi connectivity index (χ0) is 24.9. The summed E-state index contributed by atoms with van der Waals surface area (Å²) in [7, 11) is 3.09. The minimum absolute atomic E-state index is 0.0624. The summed E-state index contributed by atoms with van der Waals surface area (Å²) in [5, 5.41) is 3.73. The van der Waals surface area contributed by atoms with Crippen LogP contribution in [0, 0.1) is 0 Å². The van der Waals surface area contributed by atoms with Crippen molar-refractivity contribution in [3.63, 3.8) is 0 Å². The molecule has 0 aliphatic carbocycles. The first-order valence-corrected chi connectivity index (χ1v) is 11.2. The Morgan fingerprint density at radius 1 is 0.886 bits per heavy atom. The van der Waals surface area contributed by atoms with Crippen molar-refractivity contribution < 1.29 is 14.3 Å². The Hall–Kier alpha value is -4.04. The van der Waals surface area contributed by atoms with Crippen LogP contribution in [0.2, 0.25) is 5.02 Å². The maximum Gasteiger partial charge on any atom is 0.332 e. The Morgan fingerprint density at radius 2 is 1.57 bits per heavy atom. The molecule has 0 aliphatic heterocycles. The fraction of sp³-hybridized carbons (Fsp3) is 0.192. The van der Waals surface area contributed by atoms with E-state index in [1.54, 1.807) is 67.8 Å². The molecule has 0 unspecified atom stereocenters. The van der Waals surface area contributed by atoms with Gasteiger partial charge in [-0.2, -0.15) is 0 Å². The molecular formula is C26H24ClN3O5. The van der Waals surface area contributed by atoms with Crippen LogP contribution in [0.4, 0.5) is 0 Å². The second-order valence-electron chi connectivity index (χ2n) is 7.87. The van der Waals surface area contributed by atoms with Gasteiger partial charge >= 0.3 is 5.69 Å². The predicted octanol–water partition coefficient (Wildman–Crippen LogP) is 3.20. The monoisotopic (exact) mass is 493 g/mol. The number of rotatable bonds is 8. The van der Waals surface area contributed by atoms with Crippen molar-refractivity contribution in [2.75, 3.05) is 14.2 Å². The van der Waals surface area contributed by atoms with Crippen molar-refractivity contribution in [1.29, 1.82) is 0 Å². The molecule has 0 saturated heterocycles. The van der Waals surface area contributed by atoms with Gasteiger partial charge in [-0.05, 0) is 47.5 Å². The number of benzene rings is 3. The van der Waals surface area contributed by atoms with E-state index < -0.39 is 11.2 Å². The Bertz CT molecular complexity index is 1490. The van der Waals surface area contributed by atoms with E-state index in [2.05, 4.69) is 5.32 Å². The van der Waals surface area contributed by atoms with Gasteiger partial charge in [0.25, 0.3) is 5.56 Å². The molecule has 9 heteroatoms. The van der Waals surface area contributed by atoms with Gasteiger partial charge in [-0.3, -0.25) is 18.7 Å². The molecule has 35 heavy (non-hydrogen) atoms. The van der Waals surface area contributed by atoms with Gasteiger partial charge in [-0.15, -0.1) is 0 Å². The topological polar surface area (TPSA) is 91.6 Å². The maximum absolute atomic E-state index is 13.3. The summed E-state index contributed by atoms with van der Waals surface area (Å²) >= 11 is 5.95. The molecule has 1 aromatic heterocycles. The van der Waals surface area contributed by atoms with Crippen LogP contribution in [0.15, 0.2) is 76.3 Å². The first kappa shape index (κ1) is 24.1. The van der Waals surface area contributed by atoms with Crippen molar-refractivity contribution in [2.24, 2.45) is 0 Å². The fourth-order valence-corrected chi connectivity index (χ4v) is 3.95. The van der Waals surface area contributed by atoms with Crippen LogP contribution in [0.5, 0.6) is 11.5 Å². The van der Waals surface area contributed by atoms with E-state index in [0.29, 0.717) is 27.4 Å². The molecule has 0 spiro atoms. The highest BCUT2D eigenvalue weighted by Crippen LogP contribution is 2.27. The van der Waals surface area contributed by atoms with Crippen molar-refractivity contribution in [3.8, 4) is 11.5 Å². The molecule has 1 heterocycles. The van der Waals surface area contributed by atoms with Crippen LogP contribution >= 0.6 is 11.6 Å². The Balaban J connectivity index is 1.62. The number of nitrogens with one attached hydrogen (secondary N) is 1. The third-order valence-electron chi connectivity index (χ3n) is 5.63. The molecule has 0 atom stereocenters. The van der Waals surface area contributed by atoms with Crippen LogP contribution in [0.1, 0.15) is 11.1 Å². The summed E-state index contributed by atoms with van der Waals surface area (Å²) in [6.07, 6.45) is 0.